The SMILES string of the molecule is COc1cccc(-c2cc(N)no2)c1[N+](=O)[O-]. The molecule has 2 aromatic rings. The number of hydrogen-bond donors (Lipinski definition) is 1. The van der Waals surface area contributed by atoms with Gasteiger partial charge >= 0.3 is 5.69 Å². The number of nitrogen functional groups attached to an aromatic ring is 1. The van der Waals surface area contributed by atoms with Gasteiger partial charge in [0.25, 0.3) is 0 Å². The van der Waals surface area contributed by atoms with E-state index < -0.39 is 4.92 Å². The summed E-state index contributed by atoms with van der Waals surface area (Å²) in [5.41, 5.74) is 5.51. The first-order valence-corrected chi connectivity index (χ1v) is 4.67. The third kappa shape index (κ3) is 1.89. The van der Waals surface area contributed by atoms with Crippen LogP contribution in [0.2, 0.25) is 0 Å². The summed E-state index contributed by atoms with van der Waals surface area (Å²) in [6, 6.07) is 6.09. The summed E-state index contributed by atoms with van der Waals surface area (Å²) in [7, 11) is 1.36. The van der Waals surface area contributed by atoms with E-state index in [1.807, 2.05) is 0 Å². The van der Waals surface area contributed by atoms with Crippen LogP contribution in [0.15, 0.2) is 28.8 Å². The van der Waals surface area contributed by atoms with Crippen molar-refractivity contribution >= 4 is 11.5 Å². The number of nitrogens with two attached hydrogens (primary N) is 1. The molecular weight excluding hydrogens is 226 g/mol. The Bertz CT molecular complexity index is 564. The van der Waals surface area contributed by atoms with Crippen molar-refractivity contribution in [2.24, 2.45) is 0 Å². The number of nitro benzene ring substituents is 1. The van der Waals surface area contributed by atoms with Crippen molar-refractivity contribution in [1.82, 2.24) is 5.16 Å². The summed E-state index contributed by atoms with van der Waals surface area (Å²) < 4.78 is 9.85. The standard InChI is InChI=1S/C10H9N3O4/c1-16-7-4-2-3-6(10(7)13(14)15)8-5-9(11)12-17-8/h2-5H,1H3,(H2,11,12). The molecule has 0 atom stereocenters. The van der Waals surface area contributed by atoms with E-state index in [-0.39, 0.29) is 28.6 Å². The molecule has 7 nitrogen and oxygen atoms in total. The van der Waals surface area contributed by atoms with Gasteiger partial charge in [-0.3, -0.25) is 10.1 Å². The molecular formula is C10H9N3O4. The first-order chi connectivity index (χ1) is 8.13. The van der Waals surface area contributed by atoms with Crippen LogP contribution in [-0.2, 0) is 0 Å². The highest BCUT2D eigenvalue weighted by Gasteiger charge is 2.23. The maximum Gasteiger partial charge on any atom is 0.321 e. The molecule has 1 aromatic carbocycles. The minimum absolute atomic E-state index is 0.155. The fraction of sp³-hybridized carbons (Fsp3) is 0.100. The largest absolute Gasteiger partial charge is 0.490 e. The molecule has 1 heterocycles. The van der Waals surface area contributed by atoms with Crippen molar-refractivity contribution < 1.29 is 14.2 Å². The lowest BCUT2D eigenvalue weighted by Gasteiger charge is -2.03. The van der Waals surface area contributed by atoms with Crippen LogP contribution in [0.5, 0.6) is 5.75 Å². The number of anilines is 1. The lowest BCUT2D eigenvalue weighted by atomic mass is 10.1. The van der Waals surface area contributed by atoms with Crippen LogP contribution in [0.1, 0.15) is 0 Å². The Morgan fingerprint density at radius 1 is 1.53 bits per heavy atom. The molecule has 0 spiro atoms. The summed E-state index contributed by atoms with van der Waals surface area (Å²) in [4.78, 5) is 10.5. The van der Waals surface area contributed by atoms with Crippen molar-refractivity contribution in [1.29, 1.82) is 0 Å². The summed E-state index contributed by atoms with van der Waals surface area (Å²) in [6.07, 6.45) is 0. The van der Waals surface area contributed by atoms with Gasteiger partial charge in [0.05, 0.1) is 12.0 Å². The van der Waals surface area contributed by atoms with Crippen molar-refractivity contribution in [3.63, 3.8) is 0 Å². The zero-order valence-electron chi connectivity index (χ0n) is 8.91. The molecule has 7 heteroatoms. The normalized spacial score (nSPS) is 10.2. The molecule has 0 aliphatic heterocycles. The van der Waals surface area contributed by atoms with E-state index in [1.54, 1.807) is 12.1 Å². The number of rotatable bonds is 3. The van der Waals surface area contributed by atoms with Crippen LogP contribution >= 0.6 is 0 Å². The van der Waals surface area contributed by atoms with E-state index >= 15 is 0 Å². The number of nitro groups is 1. The van der Waals surface area contributed by atoms with Gasteiger partial charge in [-0.1, -0.05) is 11.2 Å². The Hall–Kier alpha value is -2.57. The Morgan fingerprint density at radius 3 is 2.82 bits per heavy atom. The number of methoxy groups -OCH3 is 1. The Labute approximate surface area is 95.9 Å². The summed E-state index contributed by atoms with van der Waals surface area (Å²) in [6.45, 7) is 0. The topological polar surface area (TPSA) is 104 Å². The van der Waals surface area contributed by atoms with Gasteiger partial charge in [-0.05, 0) is 12.1 Å². The average Bonchev–Trinajstić information content (AvgIpc) is 2.74. The maximum absolute atomic E-state index is 11.0. The summed E-state index contributed by atoms with van der Waals surface area (Å²) >= 11 is 0. The van der Waals surface area contributed by atoms with E-state index in [9.17, 15) is 10.1 Å². The Kier molecular flexibility index (Phi) is 2.65. The Morgan fingerprint density at radius 2 is 2.29 bits per heavy atom. The highest BCUT2D eigenvalue weighted by Crippen LogP contribution is 2.37. The van der Waals surface area contributed by atoms with Crippen LogP contribution in [0, 0.1) is 10.1 Å². The summed E-state index contributed by atoms with van der Waals surface area (Å²) in [5, 5.41) is 14.5. The third-order valence-electron chi connectivity index (χ3n) is 2.20. The first kappa shape index (κ1) is 10.9. The number of hydrogen-bond acceptors (Lipinski definition) is 6. The molecule has 0 radical (unpaired) electrons. The van der Waals surface area contributed by atoms with Crippen LogP contribution in [0.25, 0.3) is 11.3 Å². The van der Waals surface area contributed by atoms with Crippen molar-refractivity contribution in [2.45, 2.75) is 0 Å². The first-order valence-electron chi connectivity index (χ1n) is 4.67. The minimum Gasteiger partial charge on any atom is -0.490 e. The molecule has 0 unspecified atom stereocenters. The summed E-state index contributed by atoms with van der Waals surface area (Å²) in [5.74, 6) is 0.549. The number of aromatic nitrogens is 1. The van der Waals surface area contributed by atoms with Crippen LogP contribution in [0.3, 0.4) is 0 Å². The van der Waals surface area contributed by atoms with Crippen molar-refractivity contribution in [2.75, 3.05) is 12.8 Å². The van der Waals surface area contributed by atoms with Gasteiger partial charge in [-0.25, -0.2) is 0 Å². The fourth-order valence-corrected chi connectivity index (χ4v) is 1.49. The van der Waals surface area contributed by atoms with Gasteiger partial charge in [0.2, 0.25) is 0 Å². The predicted octanol–water partition coefficient (Wildman–Crippen LogP) is 1.84. The molecule has 17 heavy (non-hydrogen) atoms. The quantitative estimate of drug-likeness (QED) is 0.642. The second kappa shape index (κ2) is 4.12. The van der Waals surface area contributed by atoms with Gasteiger partial charge in [0.15, 0.2) is 17.3 Å². The monoisotopic (exact) mass is 235 g/mol. The number of ether oxygens (including phenoxy) is 1. The van der Waals surface area contributed by atoms with Gasteiger partial charge in [0.1, 0.15) is 5.56 Å². The average molecular weight is 235 g/mol. The molecule has 88 valence electrons. The zero-order chi connectivity index (χ0) is 12.4. The predicted molar refractivity (Wildman–Crippen MR) is 59.6 cm³/mol. The maximum atomic E-state index is 11.0. The van der Waals surface area contributed by atoms with Crippen molar-refractivity contribution in [3.8, 4) is 17.1 Å². The third-order valence-corrected chi connectivity index (χ3v) is 2.20. The van der Waals surface area contributed by atoms with E-state index in [0.29, 0.717) is 0 Å². The molecule has 0 aliphatic rings. The van der Waals surface area contributed by atoms with E-state index in [1.165, 1.54) is 19.2 Å². The van der Waals surface area contributed by atoms with E-state index in [4.69, 9.17) is 15.0 Å². The number of benzene rings is 1. The molecule has 0 aliphatic carbocycles. The second-order valence-corrected chi connectivity index (χ2v) is 3.23. The number of para-hydroxylation sites is 1. The second-order valence-electron chi connectivity index (χ2n) is 3.23. The number of nitrogens with zero attached hydrogens (tertiary/aromatic N) is 2. The van der Waals surface area contributed by atoms with Crippen LogP contribution < -0.4 is 10.5 Å². The minimum atomic E-state index is -0.535. The molecule has 1 aromatic heterocycles. The highest BCUT2D eigenvalue weighted by atomic mass is 16.6. The van der Waals surface area contributed by atoms with Crippen molar-refractivity contribution in [3.05, 3.63) is 34.4 Å². The van der Waals surface area contributed by atoms with Gasteiger partial charge in [-0.15, -0.1) is 0 Å². The Balaban J connectivity index is 2.65. The molecule has 2 N–H and O–H groups in total. The smallest absolute Gasteiger partial charge is 0.321 e. The molecule has 0 amide bonds. The van der Waals surface area contributed by atoms with Gasteiger partial charge in [-0.2, -0.15) is 0 Å². The van der Waals surface area contributed by atoms with E-state index in [2.05, 4.69) is 5.16 Å². The molecule has 0 fully saturated rings. The lowest BCUT2D eigenvalue weighted by Crippen LogP contribution is -1.95. The van der Waals surface area contributed by atoms with Gasteiger partial charge < -0.3 is 15.0 Å². The van der Waals surface area contributed by atoms with Crippen LogP contribution in [0.4, 0.5) is 11.5 Å². The lowest BCUT2D eigenvalue weighted by molar-refractivity contribution is -0.385. The van der Waals surface area contributed by atoms with E-state index in [0.717, 1.165) is 0 Å². The van der Waals surface area contributed by atoms with Gasteiger partial charge in [0, 0.05) is 6.07 Å². The molecule has 0 saturated carbocycles. The molecule has 0 saturated heterocycles. The molecule has 2 rings (SSSR count). The van der Waals surface area contributed by atoms with Crippen LogP contribution in [-0.4, -0.2) is 17.2 Å². The highest BCUT2D eigenvalue weighted by molar-refractivity contribution is 5.75. The fourth-order valence-electron chi connectivity index (χ4n) is 1.49. The molecule has 0 bridgehead atoms. The zero-order valence-corrected chi connectivity index (χ0v) is 8.91.